The first-order valence-electron chi connectivity index (χ1n) is 4.65. The molecule has 0 N–H and O–H groups in total. The zero-order chi connectivity index (χ0) is 11.3. The molecule has 15 heavy (non-hydrogen) atoms. The summed E-state index contributed by atoms with van der Waals surface area (Å²) in [6.45, 7) is 5.90. The minimum Gasteiger partial charge on any atom is -0.342 e. The highest BCUT2D eigenvalue weighted by Gasteiger charge is 2.05. The molecule has 0 aliphatic heterocycles. The number of rotatable bonds is 2. The van der Waals surface area contributed by atoms with Crippen molar-refractivity contribution in [2.45, 2.75) is 25.7 Å². The van der Waals surface area contributed by atoms with E-state index in [1.165, 1.54) is 0 Å². The van der Waals surface area contributed by atoms with Crippen LogP contribution in [0.3, 0.4) is 0 Å². The molecular weight excluding hydrogens is 208 g/mol. The van der Waals surface area contributed by atoms with E-state index in [1.54, 1.807) is 12.1 Å². The van der Waals surface area contributed by atoms with E-state index in [0.29, 0.717) is 4.90 Å². The maximum Gasteiger partial charge on any atom is 0.249 e. The molecule has 1 atom stereocenters. The van der Waals surface area contributed by atoms with Crippen LogP contribution in [0.25, 0.3) is 0 Å². The molecule has 0 aliphatic carbocycles. The normalized spacial score (nSPS) is 12.5. The van der Waals surface area contributed by atoms with Gasteiger partial charge in [0.25, 0.3) is 0 Å². The molecule has 0 spiro atoms. The molecule has 1 unspecified atom stereocenters. The largest absolute Gasteiger partial charge is 0.342 e. The first-order chi connectivity index (χ1) is 6.99. The lowest BCUT2D eigenvalue weighted by atomic mass is 9.99. The van der Waals surface area contributed by atoms with Crippen molar-refractivity contribution >= 4 is 11.1 Å². The topological polar surface area (TPSA) is 26.3 Å². The third kappa shape index (κ3) is 4.66. The van der Waals surface area contributed by atoms with Crippen LogP contribution in [0, 0.1) is 17.4 Å². The summed E-state index contributed by atoms with van der Waals surface area (Å²) < 4.78 is 16.4. The number of hydrogen-bond donors (Lipinski definition) is 0. The summed E-state index contributed by atoms with van der Waals surface area (Å²) in [6, 6.07) is 8.98. The predicted octanol–water partition coefficient (Wildman–Crippen LogP) is 2.73. The van der Waals surface area contributed by atoms with Crippen molar-refractivity contribution in [3.8, 4) is 12.0 Å². The molecule has 0 aromatic heterocycles. The fourth-order valence-electron chi connectivity index (χ4n) is 0.791. The molecule has 0 aliphatic rings. The Morgan fingerprint density at radius 1 is 1.20 bits per heavy atom. The molecule has 0 heterocycles. The van der Waals surface area contributed by atoms with Crippen LogP contribution in [0.5, 0.6) is 0 Å². The summed E-state index contributed by atoms with van der Waals surface area (Å²) in [4.78, 5) is 0.626. The van der Waals surface area contributed by atoms with Gasteiger partial charge in [0.1, 0.15) is 6.11 Å². The highest BCUT2D eigenvalue weighted by Crippen LogP contribution is 2.10. The second-order valence-electron chi connectivity index (χ2n) is 4.11. The smallest absolute Gasteiger partial charge is 0.249 e. The molecular formula is C12H14O2S. The SMILES string of the molecule is CC(C)(C)C#COS(=O)c1ccccc1. The lowest BCUT2D eigenvalue weighted by Gasteiger charge is -2.06. The van der Waals surface area contributed by atoms with Crippen molar-refractivity contribution in [3.05, 3.63) is 30.3 Å². The van der Waals surface area contributed by atoms with Gasteiger partial charge in [-0.1, -0.05) is 24.1 Å². The van der Waals surface area contributed by atoms with Crippen LogP contribution in [0.15, 0.2) is 35.2 Å². The van der Waals surface area contributed by atoms with Gasteiger partial charge in [0.2, 0.25) is 11.1 Å². The van der Waals surface area contributed by atoms with Crippen LogP contribution in [0.2, 0.25) is 0 Å². The van der Waals surface area contributed by atoms with Gasteiger partial charge < -0.3 is 4.18 Å². The summed E-state index contributed by atoms with van der Waals surface area (Å²) in [5.74, 6) is 2.86. The Kier molecular flexibility index (Phi) is 3.93. The van der Waals surface area contributed by atoms with Crippen LogP contribution in [0.1, 0.15) is 20.8 Å². The Hall–Kier alpha value is -1.27. The molecule has 1 rings (SSSR count). The average Bonchev–Trinajstić information content (AvgIpc) is 2.17. The first-order valence-corrected chi connectivity index (χ1v) is 5.73. The minimum absolute atomic E-state index is 0.138. The van der Waals surface area contributed by atoms with Gasteiger partial charge in [-0.3, -0.25) is 0 Å². The zero-order valence-electron chi connectivity index (χ0n) is 9.11. The molecule has 0 bridgehead atoms. The van der Waals surface area contributed by atoms with E-state index >= 15 is 0 Å². The van der Waals surface area contributed by atoms with Crippen LogP contribution in [-0.2, 0) is 15.3 Å². The molecule has 2 nitrogen and oxygen atoms in total. The second kappa shape index (κ2) is 4.99. The quantitative estimate of drug-likeness (QED) is 0.719. The van der Waals surface area contributed by atoms with E-state index in [-0.39, 0.29) is 5.41 Å². The molecule has 1 aromatic rings. The maximum absolute atomic E-state index is 11.5. The van der Waals surface area contributed by atoms with E-state index < -0.39 is 11.1 Å². The summed E-state index contributed by atoms with van der Waals surface area (Å²) in [6.07, 6.45) is 2.47. The van der Waals surface area contributed by atoms with Crippen LogP contribution < -0.4 is 0 Å². The van der Waals surface area contributed by atoms with Gasteiger partial charge in [0.15, 0.2) is 0 Å². The van der Waals surface area contributed by atoms with E-state index in [1.807, 2.05) is 39.0 Å². The number of benzene rings is 1. The highest BCUT2D eigenvalue weighted by molar-refractivity contribution is 7.80. The molecule has 80 valence electrons. The van der Waals surface area contributed by atoms with Crippen LogP contribution in [-0.4, -0.2) is 4.21 Å². The van der Waals surface area contributed by atoms with Crippen LogP contribution >= 0.6 is 0 Å². The lowest BCUT2D eigenvalue weighted by molar-refractivity contribution is 0.520. The van der Waals surface area contributed by atoms with Gasteiger partial charge in [0, 0.05) is 5.41 Å². The Labute approximate surface area is 93.3 Å². The van der Waals surface area contributed by atoms with E-state index in [0.717, 1.165) is 0 Å². The average molecular weight is 222 g/mol. The maximum atomic E-state index is 11.5. The Morgan fingerprint density at radius 3 is 2.33 bits per heavy atom. The fourth-order valence-corrected chi connectivity index (χ4v) is 1.38. The van der Waals surface area contributed by atoms with Crippen molar-refractivity contribution in [2.75, 3.05) is 0 Å². The summed E-state index contributed by atoms with van der Waals surface area (Å²) in [5.41, 5.74) is -0.138. The van der Waals surface area contributed by atoms with E-state index in [4.69, 9.17) is 4.18 Å². The Balaban J connectivity index is 2.61. The van der Waals surface area contributed by atoms with Gasteiger partial charge in [0.05, 0.1) is 4.90 Å². The number of hydrogen-bond acceptors (Lipinski definition) is 2. The van der Waals surface area contributed by atoms with Crippen molar-refractivity contribution in [3.63, 3.8) is 0 Å². The minimum atomic E-state index is -1.49. The van der Waals surface area contributed by atoms with Gasteiger partial charge in [-0.2, -0.15) is 0 Å². The van der Waals surface area contributed by atoms with Crippen LogP contribution in [0.4, 0.5) is 0 Å². The molecule has 0 saturated heterocycles. The summed E-state index contributed by atoms with van der Waals surface area (Å²) in [7, 11) is 0. The molecule has 3 heteroatoms. The summed E-state index contributed by atoms with van der Waals surface area (Å²) >= 11 is -1.49. The highest BCUT2D eigenvalue weighted by atomic mass is 32.2. The zero-order valence-corrected chi connectivity index (χ0v) is 9.93. The monoisotopic (exact) mass is 222 g/mol. The molecule has 0 fully saturated rings. The Bertz CT molecular complexity index is 393. The molecule has 0 saturated carbocycles. The van der Waals surface area contributed by atoms with Crippen molar-refractivity contribution in [1.29, 1.82) is 0 Å². The first kappa shape index (κ1) is 11.8. The lowest BCUT2D eigenvalue weighted by Crippen LogP contribution is -2.00. The third-order valence-electron chi connectivity index (χ3n) is 1.48. The fraction of sp³-hybridized carbons (Fsp3) is 0.333. The third-order valence-corrected chi connectivity index (χ3v) is 2.37. The van der Waals surface area contributed by atoms with E-state index in [9.17, 15) is 4.21 Å². The van der Waals surface area contributed by atoms with Gasteiger partial charge >= 0.3 is 0 Å². The van der Waals surface area contributed by atoms with Crippen molar-refractivity contribution in [2.24, 2.45) is 5.41 Å². The molecule has 0 radical (unpaired) electrons. The predicted molar refractivity (Wildman–Crippen MR) is 61.2 cm³/mol. The van der Waals surface area contributed by atoms with Gasteiger partial charge in [-0.15, -0.1) is 0 Å². The van der Waals surface area contributed by atoms with Gasteiger partial charge in [-0.05, 0) is 32.9 Å². The second-order valence-corrected chi connectivity index (χ2v) is 5.22. The van der Waals surface area contributed by atoms with Crippen molar-refractivity contribution < 1.29 is 8.39 Å². The molecule has 0 amide bonds. The van der Waals surface area contributed by atoms with E-state index in [2.05, 4.69) is 12.0 Å². The Morgan fingerprint density at radius 2 is 1.80 bits per heavy atom. The van der Waals surface area contributed by atoms with Gasteiger partial charge in [-0.25, -0.2) is 4.21 Å². The van der Waals surface area contributed by atoms with Crippen molar-refractivity contribution in [1.82, 2.24) is 0 Å². The summed E-state index contributed by atoms with van der Waals surface area (Å²) in [5, 5.41) is 0. The standard InChI is InChI=1S/C12H14O2S/c1-12(2,3)9-10-14-15(13)11-7-5-4-6-8-11/h4-8H,1-3H3. The molecule has 1 aromatic carbocycles.